The van der Waals surface area contributed by atoms with Crippen molar-refractivity contribution >= 4 is 53.4 Å². The summed E-state index contributed by atoms with van der Waals surface area (Å²) in [7, 11) is -1.27. The molecule has 346 valence electrons. The fraction of sp³-hybridized carbons (Fsp3) is 0.119. The van der Waals surface area contributed by atoms with Gasteiger partial charge >= 0.3 is 0 Å². The fourth-order valence-corrected chi connectivity index (χ4v) is 14.7. The molecule has 14 rings (SSSR count). The highest BCUT2D eigenvalue weighted by Gasteiger charge is 2.34. The molecule has 1 aliphatic carbocycles. The van der Waals surface area contributed by atoms with E-state index in [1.54, 1.807) is 0 Å². The minimum absolute atomic E-state index is 0.471. The van der Waals surface area contributed by atoms with E-state index in [0.717, 1.165) is 44.2 Å². The topological polar surface area (TPSA) is 43.6 Å². The lowest BCUT2D eigenvalue weighted by molar-refractivity contribution is 0.444. The third-order valence-corrected chi connectivity index (χ3v) is 18.6. The molecule has 1 aliphatic heterocycles. The van der Waals surface area contributed by atoms with Gasteiger partial charge < -0.3 is 4.57 Å². The van der Waals surface area contributed by atoms with E-state index in [-0.39, 0.29) is 0 Å². The van der Waals surface area contributed by atoms with Gasteiger partial charge in [-0.3, -0.25) is 0 Å². The van der Waals surface area contributed by atoms with E-state index in [0.29, 0.717) is 23.4 Å². The van der Waals surface area contributed by atoms with Crippen LogP contribution in [0.4, 0.5) is 0 Å². The lowest BCUT2D eigenvalue weighted by Gasteiger charge is -2.28. The van der Waals surface area contributed by atoms with Gasteiger partial charge in [-0.25, -0.2) is 15.0 Å². The zero-order valence-corrected chi connectivity index (χ0v) is 41.3. The molecule has 0 unspecified atom stereocenters. The van der Waals surface area contributed by atoms with E-state index >= 15 is 0 Å². The molecule has 0 bridgehead atoms. The number of rotatable bonds is 7. The normalized spacial score (nSPS) is 14.8. The zero-order chi connectivity index (χ0) is 47.9. The summed E-state index contributed by atoms with van der Waals surface area (Å²) < 4.78 is 2.37. The van der Waals surface area contributed by atoms with Gasteiger partial charge in [0.1, 0.15) is 0 Å². The van der Waals surface area contributed by atoms with Crippen LogP contribution >= 0.6 is 10.0 Å². The van der Waals surface area contributed by atoms with Crippen LogP contribution in [0.2, 0.25) is 0 Å². The predicted molar refractivity (Wildman–Crippen MR) is 304 cm³/mol. The molecule has 0 spiro atoms. The summed E-state index contributed by atoms with van der Waals surface area (Å²) >= 11 is 0. The summed E-state index contributed by atoms with van der Waals surface area (Å²) in [6.45, 7) is 0. The maximum Gasteiger partial charge on any atom is 0.164 e. The van der Waals surface area contributed by atoms with Crippen LogP contribution in [0, 0.1) is 0 Å². The van der Waals surface area contributed by atoms with Gasteiger partial charge in [0.05, 0.1) is 11.0 Å². The van der Waals surface area contributed by atoms with Crippen LogP contribution in [0.3, 0.4) is 0 Å². The van der Waals surface area contributed by atoms with Crippen LogP contribution in [0.15, 0.2) is 222 Å². The monoisotopic (exact) mass is 944 g/mol. The lowest BCUT2D eigenvalue weighted by atomic mass is 9.82. The van der Waals surface area contributed by atoms with Crippen molar-refractivity contribution in [1.29, 1.82) is 0 Å². The van der Waals surface area contributed by atoms with Gasteiger partial charge in [-0.1, -0.05) is 171 Å². The zero-order valence-electron chi connectivity index (χ0n) is 40.5. The van der Waals surface area contributed by atoms with Gasteiger partial charge in [-0.05, 0) is 147 Å². The average Bonchev–Trinajstić information content (AvgIpc) is 3.91. The first-order chi connectivity index (χ1) is 35.4. The SMILES string of the molecule is CS1(C)c2ccccc2-c2c(-c3nc(-c4cc(-c5ccc6cc(-c7cccc8ccccc78)ccc6c5)cc(C5CCCCC5)c4)nc(-c4cccc5c4c4ccccc4n5-c4ccccc4)n3)cccc21. The highest BCUT2D eigenvalue weighted by atomic mass is 32.3. The molecule has 0 saturated heterocycles. The number of hydrogen-bond donors (Lipinski definition) is 0. The van der Waals surface area contributed by atoms with Crippen LogP contribution in [-0.4, -0.2) is 32.0 Å². The molecule has 0 amide bonds. The van der Waals surface area contributed by atoms with Crippen LogP contribution in [0.1, 0.15) is 43.6 Å². The molecule has 72 heavy (non-hydrogen) atoms. The Kier molecular flexibility index (Phi) is 10.1. The van der Waals surface area contributed by atoms with Crippen molar-refractivity contribution in [1.82, 2.24) is 19.5 Å². The van der Waals surface area contributed by atoms with Gasteiger partial charge in [0.25, 0.3) is 0 Å². The standard InChI is InChI=1S/C67H52N4S/c1-72(2)61-32-14-12-26-56(61)64-58(29-17-33-62(64)72)67-69-65(68-66(70-67)57-28-16-31-60-63(57)55-25-11-13-30-59(55)71(60)52-22-7-4-8-23-52)51-41-49(43-18-5-3-6-19-43)40-50(42-51)47-35-34-46-39-48(37-36-45(46)38-47)54-27-15-21-44-20-9-10-24-53(44)54/h4,7-17,20-43H,3,5-6,18-19H2,1-2H3. The molecule has 0 radical (unpaired) electrons. The Morgan fingerprint density at radius 1 is 0.403 bits per heavy atom. The molecule has 1 fully saturated rings. The number of fused-ring (bicyclic) bond motifs is 8. The second-order valence-corrected chi connectivity index (χ2v) is 23.7. The highest BCUT2D eigenvalue weighted by Crippen LogP contribution is 2.68. The second-order valence-electron chi connectivity index (χ2n) is 20.2. The molecular weight excluding hydrogens is 893 g/mol. The first-order valence-electron chi connectivity index (χ1n) is 25.4. The minimum Gasteiger partial charge on any atom is -0.309 e. The predicted octanol–water partition coefficient (Wildman–Crippen LogP) is 18.1. The van der Waals surface area contributed by atoms with Crippen LogP contribution in [0.25, 0.3) is 117 Å². The van der Waals surface area contributed by atoms with Gasteiger partial charge in [0.2, 0.25) is 0 Å². The smallest absolute Gasteiger partial charge is 0.164 e. The highest BCUT2D eigenvalue weighted by molar-refractivity contribution is 8.33. The number of hydrogen-bond acceptors (Lipinski definition) is 3. The van der Waals surface area contributed by atoms with E-state index in [1.807, 2.05) is 0 Å². The van der Waals surface area contributed by atoms with Crippen LogP contribution in [-0.2, 0) is 0 Å². The van der Waals surface area contributed by atoms with Gasteiger partial charge in [0, 0.05) is 48.5 Å². The largest absolute Gasteiger partial charge is 0.309 e. The Morgan fingerprint density at radius 3 is 1.86 bits per heavy atom. The average molecular weight is 945 g/mol. The Hall–Kier alpha value is -8.12. The Labute approximate surface area is 422 Å². The van der Waals surface area contributed by atoms with Crippen molar-refractivity contribution in [3.63, 3.8) is 0 Å². The summed E-state index contributed by atoms with van der Waals surface area (Å²) in [5.74, 6) is 2.52. The quantitative estimate of drug-likeness (QED) is 0.160. The van der Waals surface area contributed by atoms with Crippen molar-refractivity contribution in [2.75, 3.05) is 12.5 Å². The minimum atomic E-state index is -1.27. The third kappa shape index (κ3) is 7.01. The van der Waals surface area contributed by atoms with Crippen molar-refractivity contribution in [2.45, 2.75) is 47.8 Å². The summed E-state index contributed by atoms with van der Waals surface area (Å²) in [4.78, 5) is 19.6. The molecule has 10 aromatic carbocycles. The van der Waals surface area contributed by atoms with Gasteiger partial charge in [0.15, 0.2) is 17.5 Å². The van der Waals surface area contributed by atoms with E-state index in [1.165, 1.54) is 102 Å². The van der Waals surface area contributed by atoms with E-state index < -0.39 is 10.0 Å². The maximum absolute atomic E-state index is 5.61. The van der Waals surface area contributed by atoms with E-state index in [4.69, 9.17) is 15.0 Å². The molecule has 4 nitrogen and oxygen atoms in total. The number of para-hydroxylation sites is 2. The third-order valence-electron chi connectivity index (χ3n) is 15.7. The van der Waals surface area contributed by atoms with Gasteiger partial charge in [-0.15, -0.1) is 0 Å². The molecule has 2 aromatic heterocycles. The first-order valence-corrected chi connectivity index (χ1v) is 27.9. The molecule has 2 aliphatic rings. The number of nitrogens with zero attached hydrogens (tertiary/aromatic N) is 4. The molecule has 1 saturated carbocycles. The van der Waals surface area contributed by atoms with E-state index in [9.17, 15) is 0 Å². The molecule has 5 heteroatoms. The first kappa shape index (κ1) is 42.7. The molecule has 3 heterocycles. The molecular formula is C67H52N4S. The van der Waals surface area contributed by atoms with Crippen LogP contribution < -0.4 is 0 Å². The molecule has 12 aromatic rings. The number of aromatic nitrogens is 4. The van der Waals surface area contributed by atoms with Crippen molar-refractivity contribution < 1.29 is 0 Å². The fourth-order valence-electron chi connectivity index (χ4n) is 12.2. The van der Waals surface area contributed by atoms with Crippen LogP contribution in [0.5, 0.6) is 0 Å². The molecule has 0 atom stereocenters. The Bertz CT molecular complexity index is 4120. The molecule has 0 N–H and O–H groups in total. The second kappa shape index (κ2) is 17.0. The Balaban J connectivity index is 0.983. The van der Waals surface area contributed by atoms with E-state index in [2.05, 4.69) is 229 Å². The lowest BCUT2D eigenvalue weighted by Crippen LogP contribution is -2.06. The summed E-state index contributed by atoms with van der Waals surface area (Å²) in [6.07, 6.45) is 11.0. The van der Waals surface area contributed by atoms with Crippen molar-refractivity contribution in [3.8, 4) is 73.2 Å². The van der Waals surface area contributed by atoms with Crippen molar-refractivity contribution in [2.24, 2.45) is 0 Å². The maximum atomic E-state index is 5.61. The summed E-state index contributed by atoms with van der Waals surface area (Å²) in [5, 5.41) is 7.27. The summed E-state index contributed by atoms with van der Waals surface area (Å²) in [5.41, 5.74) is 15.2. The van der Waals surface area contributed by atoms with Gasteiger partial charge in [-0.2, -0.15) is 10.0 Å². The summed E-state index contributed by atoms with van der Waals surface area (Å²) in [6, 6.07) is 78.1. The van der Waals surface area contributed by atoms with Crippen molar-refractivity contribution in [3.05, 3.63) is 218 Å². The number of benzene rings is 10. The Morgan fingerprint density at radius 2 is 1.00 bits per heavy atom.